The van der Waals surface area contributed by atoms with E-state index in [2.05, 4.69) is 4.72 Å². The third kappa shape index (κ3) is 3.42. The van der Waals surface area contributed by atoms with Gasteiger partial charge in [0, 0.05) is 13.1 Å². The SMILES string of the molecule is CC1(C(=O)O)CCN(C(=O)CNS(=O)(=O)c2cccs2)C1. The van der Waals surface area contributed by atoms with Crippen molar-refractivity contribution in [2.45, 2.75) is 17.6 Å². The van der Waals surface area contributed by atoms with Crippen molar-refractivity contribution < 1.29 is 23.1 Å². The second-order valence-corrected chi connectivity index (χ2v) is 8.13. The highest BCUT2D eigenvalue weighted by molar-refractivity contribution is 7.91. The number of nitrogens with one attached hydrogen (secondary N) is 1. The summed E-state index contributed by atoms with van der Waals surface area (Å²) >= 11 is 1.06. The van der Waals surface area contributed by atoms with Gasteiger partial charge in [-0.15, -0.1) is 11.3 Å². The Kier molecular flexibility index (Phi) is 4.35. The minimum absolute atomic E-state index is 0.0991. The Labute approximate surface area is 126 Å². The van der Waals surface area contributed by atoms with Crippen LogP contribution in [0.25, 0.3) is 0 Å². The second kappa shape index (κ2) is 5.74. The van der Waals surface area contributed by atoms with E-state index in [1.807, 2.05) is 0 Å². The molecule has 0 aliphatic carbocycles. The van der Waals surface area contributed by atoms with Gasteiger partial charge in [0.05, 0.1) is 12.0 Å². The van der Waals surface area contributed by atoms with Crippen molar-refractivity contribution in [1.82, 2.24) is 9.62 Å². The Morgan fingerprint density at radius 3 is 2.76 bits per heavy atom. The highest BCUT2D eigenvalue weighted by Gasteiger charge is 2.42. The molecule has 116 valence electrons. The molecule has 1 unspecified atom stereocenters. The average Bonchev–Trinajstić information content (AvgIpc) is 3.06. The molecule has 1 aromatic heterocycles. The first kappa shape index (κ1) is 15.9. The predicted octanol–water partition coefficient (Wildman–Crippen LogP) is 0.350. The fourth-order valence-electron chi connectivity index (χ4n) is 2.10. The number of likely N-dealkylation sites (tertiary alicyclic amines) is 1. The van der Waals surface area contributed by atoms with E-state index in [4.69, 9.17) is 5.11 Å². The van der Waals surface area contributed by atoms with Crippen LogP contribution in [0.1, 0.15) is 13.3 Å². The van der Waals surface area contributed by atoms with Crippen LogP contribution in [0.15, 0.2) is 21.7 Å². The van der Waals surface area contributed by atoms with Crippen LogP contribution in [0.5, 0.6) is 0 Å². The van der Waals surface area contributed by atoms with Crippen LogP contribution < -0.4 is 4.72 Å². The van der Waals surface area contributed by atoms with Crippen LogP contribution in [0.3, 0.4) is 0 Å². The maximum Gasteiger partial charge on any atom is 0.311 e. The van der Waals surface area contributed by atoms with Crippen molar-refractivity contribution in [3.8, 4) is 0 Å². The number of hydrogen-bond acceptors (Lipinski definition) is 5. The Morgan fingerprint density at radius 1 is 1.52 bits per heavy atom. The summed E-state index contributed by atoms with van der Waals surface area (Å²) in [7, 11) is -3.68. The van der Waals surface area contributed by atoms with Crippen molar-refractivity contribution in [1.29, 1.82) is 0 Å². The van der Waals surface area contributed by atoms with E-state index in [0.717, 1.165) is 11.3 Å². The lowest BCUT2D eigenvalue weighted by Crippen LogP contribution is -2.40. The van der Waals surface area contributed by atoms with E-state index in [1.165, 1.54) is 11.0 Å². The standard InChI is InChI=1S/C12H16N2O5S2/c1-12(11(16)17)4-5-14(8-12)9(15)7-13-21(18,19)10-3-2-6-20-10/h2-3,6,13H,4-5,7-8H2,1H3,(H,16,17). The van der Waals surface area contributed by atoms with Crippen LogP contribution in [0, 0.1) is 5.41 Å². The van der Waals surface area contributed by atoms with E-state index in [9.17, 15) is 18.0 Å². The third-order valence-corrected chi connectivity index (χ3v) is 6.31. The zero-order valence-corrected chi connectivity index (χ0v) is 13.0. The molecule has 1 aliphatic heterocycles. The molecular weight excluding hydrogens is 316 g/mol. The molecule has 21 heavy (non-hydrogen) atoms. The number of carboxylic acids is 1. The number of carboxylic acid groups (broad SMARTS) is 1. The van der Waals surface area contributed by atoms with Gasteiger partial charge in [-0.25, -0.2) is 13.1 Å². The van der Waals surface area contributed by atoms with E-state index in [0.29, 0.717) is 13.0 Å². The fourth-order valence-corrected chi connectivity index (χ4v) is 4.12. The van der Waals surface area contributed by atoms with E-state index in [1.54, 1.807) is 18.4 Å². The molecule has 7 nitrogen and oxygen atoms in total. The average molecular weight is 332 g/mol. The first-order chi connectivity index (χ1) is 9.74. The number of nitrogens with zero attached hydrogens (tertiary/aromatic N) is 1. The zero-order chi connectivity index (χ0) is 15.7. The van der Waals surface area contributed by atoms with Crippen molar-refractivity contribution in [2.24, 2.45) is 5.41 Å². The monoisotopic (exact) mass is 332 g/mol. The summed E-state index contributed by atoms with van der Waals surface area (Å²) in [5.41, 5.74) is -0.956. The molecule has 1 amide bonds. The largest absolute Gasteiger partial charge is 0.481 e. The third-order valence-electron chi connectivity index (χ3n) is 3.52. The Balaban J connectivity index is 1.93. The van der Waals surface area contributed by atoms with Gasteiger partial charge in [0.25, 0.3) is 10.0 Å². The van der Waals surface area contributed by atoms with Gasteiger partial charge in [-0.3, -0.25) is 9.59 Å². The maximum absolute atomic E-state index is 12.0. The molecular formula is C12H16N2O5S2. The summed E-state index contributed by atoms with van der Waals surface area (Å²) in [6.07, 6.45) is 0.367. The molecule has 0 saturated carbocycles. The number of amides is 1. The minimum atomic E-state index is -3.68. The van der Waals surface area contributed by atoms with Crippen LogP contribution in [-0.4, -0.2) is 49.9 Å². The molecule has 0 aromatic carbocycles. The van der Waals surface area contributed by atoms with Crippen molar-refractivity contribution in [3.63, 3.8) is 0 Å². The zero-order valence-electron chi connectivity index (χ0n) is 11.4. The molecule has 1 saturated heterocycles. The maximum atomic E-state index is 12.0. The van der Waals surface area contributed by atoms with Crippen molar-refractivity contribution >= 4 is 33.2 Å². The second-order valence-electron chi connectivity index (χ2n) is 5.19. The van der Waals surface area contributed by atoms with Gasteiger partial charge in [-0.2, -0.15) is 0 Å². The van der Waals surface area contributed by atoms with Gasteiger partial charge < -0.3 is 10.0 Å². The fraction of sp³-hybridized carbons (Fsp3) is 0.500. The highest BCUT2D eigenvalue weighted by Crippen LogP contribution is 2.30. The molecule has 1 atom stereocenters. The summed E-state index contributed by atoms with van der Waals surface area (Å²) in [6.45, 7) is 1.64. The van der Waals surface area contributed by atoms with Crippen LogP contribution in [-0.2, 0) is 19.6 Å². The first-order valence-corrected chi connectivity index (χ1v) is 8.65. The number of sulfonamides is 1. The lowest BCUT2D eigenvalue weighted by Gasteiger charge is -2.20. The van der Waals surface area contributed by atoms with Gasteiger partial charge in [0.2, 0.25) is 5.91 Å². The van der Waals surface area contributed by atoms with Gasteiger partial charge in [-0.1, -0.05) is 6.07 Å². The molecule has 2 N–H and O–H groups in total. The number of hydrogen-bond donors (Lipinski definition) is 2. The number of carbonyl (C=O) groups excluding carboxylic acids is 1. The molecule has 0 radical (unpaired) electrons. The van der Waals surface area contributed by atoms with Gasteiger partial charge in [-0.05, 0) is 24.8 Å². The number of rotatable bonds is 5. The Bertz CT molecular complexity index is 641. The lowest BCUT2D eigenvalue weighted by molar-refractivity contribution is -0.147. The van der Waals surface area contributed by atoms with Gasteiger partial charge in [0.15, 0.2) is 0 Å². The smallest absolute Gasteiger partial charge is 0.311 e. The minimum Gasteiger partial charge on any atom is -0.481 e. The summed E-state index contributed by atoms with van der Waals surface area (Å²) < 4.78 is 26.1. The van der Waals surface area contributed by atoms with E-state index < -0.39 is 27.3 Å². The Morgan fingerprint density at radius 2 is 2.24 bits per heavy atom. The number of aliphatic carboxylic acids is 1. The number of carbonyl (C=O) groups is 2. The number of thiophene rings is 1. The van der Waals surface area contributed by atoms with Gasteiger partial charge >= 0.3 is 5.97 Å². The molecule has 2 heterocycles. The molecule has 9 heteroatoms. The summed E-state index contributed by atoms with van der Waals surface area (Å²) in [5, 5.41) is 10.7. The van der Waals surface area contributed by atoms with Crippen LogP contribution in [0.4, 0.5) is 0 Å². The molecule has 0 spiro atoms. The topological polar surface area (TPSA) is 104 Å². The molecule has 0 bridgehead atoms. The lowest BCUT2D eigenvalue weighted by atomic mass is 9.90. The van der Waals surface area contributed by atoms with Crippen LogP contribution >= 0.6 is 11.3 Å². The normalized spacial score (nSPS) is 22.4. The van der Waals surface area contributed by atoms with E-state index in [-0.39, 0.29) is 17.3 Å². The first-order valence-electron chi connectivity index (χ1n) is 6.29. The summed E-state index contributed by atoms with van der Waals surface area (Å²) in [4.78, 5) is 24.5. The van der Waals surface area contributed by atoms with E-state index >= 15 is 0 Å². The van der Waals surface area contributed by atoms with Crippen molar-refractivity contribution in [2.75, 3.05) is 19.6 Å². The van der Waals surface area contributed by atoms with Crippen molar-refractivity contribution in [3.05, 3.63) is 17.5 Å². The molecule has 1 aliphatic rings. The quantitative estimate of drug-likeness (QED) is 0.810. The highest BCUT2D eigenvalue weighted by atomic mass is 32.2. The molecule has 2 rings (SSSR count). The summed E-state index contributed by atoms with van der Waals surface area (Å²) in [5.74, 6) is -1.36. The predicted molar refractivity (Wildman–Crippen MR) is 76.4 cm³/mol. The molecule has 1 aromatic rings. The Hall–Kier alpha value is -1.45. The van der Waals surface area contributed by atoms with Gasteiger partial charge in [0.1, 0.15) is 4.21 Å². The van der Waals surface area contributed by atoms with Crippen LogP contribution in [0.2, 0.25) is 0 Å². The summed E-state index contributed by atoms with van der Waals surface area (Å²) in [6, 6.07) is 3.06. The molecule has 1 fully saturated rings.